The van der Waals surface area contributed by atoms with Crippen LogP contribution in [0.15, 0.2) is 109 Å². The lowest BCUT2D eigenvalue weighted by Gasteiger charge is -2.30. The van der Waals surface area contributed by atoms with Crippen molar-refractivity contribution < 1.29 is 10.2 Å². The van der Waals surface area contributed by atoms with Crippen molar-refractivity contribution >= 4 is 58.2 Å². The summed E-state index contributed by atoms with van der Waals surface area (Å²) in [6, 6.07) is 34.9. The van der Waals surface area contributed by atoms with Gasteiger partial charge in [0.15, 0.2) is 0 Å². The fourth-order valence-electron chi connectivity index (χ4n) is 5.94. The zero-order valence-electron chi connectivity index (χ0n) is 29.2. The van der Waals surface area contributed by atoms with Crippen LogP contribution in [0.5, 0.6) is 0 Å². The molecule has 3 aromatic heterocycles. The van der Waals surface area contributed by atoms with E-state index in [2.05, 4.69) is 39.7 Å². The number of halogens is 4. The van der Waals surface area contributed by atoms with Gasteiger partial charge in [0.1, 0.15) is 16.1 Å². The fraction of sp³-hybridized carbons (Fsp3) is 0.250. The Morgan fingerprint density at radius 2 is 0.833 bits per heavy atom. The summed E-state index contributed by atoms with van der Waals surface area (Å²) in [7, 11) is 0. The molecule has 2 aliphatic rings. The lowest BCUT2D eigenvalue weighted by molar-refractivity contribution is 0.145. The van der Waals surface area contributed by atoms with E-state index >= 15 is 0 Å². The molecule has 0 radical (unpaired) electrons. The van der Waals surface area contributed by atoms with Crippen molar-refractivity contribution in [2.75, 3.05) is 36.0 Å². The predicted octanol–water partition coefficient (Wildman–Crippen LogP) is 8.97. The van der Waals surface area contributed by atoms with Crippen LogP contribution in [0.1, 0.15) is 25.7 Å². The average molecular weight is 805 g/mol. The summed E-state index contributed by atoms with van der Waals surface area (Å²) >= 11 is 23.6. The van der Waals surface area contributed by atoms with Crippen LogP contribution in [0, 0.1) is 0 Å². The first-order valence-corrected chi connectivity index (χ1v) is 19.0. The minimum atomic E-state index is -0.209. The van der Waals surface area contributed by atoms with Gasteiger partial charge in [-0.2, -0.15) is 0 Å². The number of anilines is 2. The van der Waals surface area contributed by atoms with Gasteiger partial charge >= 0.3 is 0 Å². The smallest absolute Gasteiger partial charge is 0.227 e. The highest BCUT2D eigenvalue weighted by Gasteiger charge is 2.21. The minimum Gasteiger partial charge on any atom is -0.393 e. The van der Waals surface area contributed by atoms with Gasteiger partial charge in [0.2, 0.25) is 16.5 Å². The largest absolute Gasteiger partial charge is 0.393 e. The first-order chi connectivity index (χ1) is 26.2. The van der Waals surface area contributed by atoms with E-state index in [9.17, 15) is 10.2 Å². The monoisotopic (exact) mass is 802 g/mol. The lowest BCUT2D eigenvalue weighted by atomic mass is 10.1. The van der Waals surface area contributed by atoms with Gasteiger partial charge in [-0.15, -0.1) is 0 Å². The van der Waals surface area contributed by atoms with Crippen molar-refractivity contribution in [3.8, 4) is 33.8 Å². The SMILES string of the molecule is Clc1cc(-c2ccccc2)nc(Cl)n1.OC1CCN(c2cc(-c3ccccc3)nc(Cl)n2)CC1.OC1CCN(c2nc(Cl)cc(-c3ccccc3)n2)CC1. The van der Waals surface area contributed by atoms with Crippen molar-refractivity contribution in [2.45, 2.75) is 37.9 Å². The van der Waals surface area contributed by atoms with Crippen molar-refractivity contribution in [3.05, 3.63) is 130 Å². The Labute approximate surface area is 334 Å². The third-order valence-electron chi connectivity index (χ3n) is 8.78. The highest BCUT2D eigenvalue weighted by Crippen LogP contribution is 2.27. The van der Waals surface area contributed by atoms with Crippen LogP contribution < -0.4 is 9.80 Å². The standard InChI is InChI=1S/2C15H16ClN3O.C10H6Cl2N2/c16-15-17-13(11-4-2-1-3-5-11)10-14(18-15)19-8-6-12(20)7-9-19;16-14-10-13(11-4-2-1-3-5-11)17-15(18-14)19-8-6-12(20)7-9-19;11-9-6-8(13-10(12)14-9)7-4-2-1-3-5-7/h2*1-5,10,12,20H,6-9H2;1-6H. The number of piperidine rings is 2. The molecule has 5 heterocycles. The van der Waals surface area contributed by atoms with Crippen LogP contribution in [-0.4, -0.2) is 78.5 Å². The molecule has 0 amide bonds. The molecule has 2 saturated heterocycles. The fourth-order valence-corrected chi connectivity index (χ4v) is 6.70. The van der Waals surface area contributed by atoms with E-state index in [0.717, 1.165) is 91.5 Å². The van der Waals surface area contributed by atoms with Crippen LogP contribution >= 0.6 is 46.4 Å². The first-order valence-electron chi connectivity index (χ1n) is 17.5. The zero-order chi connectivity index (χ0) is 37.9. The Kier molecular flexibility index (Phi) is 14.0. The Hall–Kier alpha value is -4.42. The Balaban J connectivity index is 0.000000141. The maximum atomic E-state index is 9.58. The molecule has 14 heteroatoms. The number of hydrogen-bond donors (Lipinski definition) is 2. The summed E-state index contributed by atoms with van der Waals surface area (Å²) in [5.74, 6) is 1.47. The third-order valence-corrected chi connectivity index (χ3v) is 9.51. The topological polar surface area (TPSA) is 124 Å². The van der Waals surface area contributed by atoms with Gasteiger partial charge < -0.3 is 20.0 Å². The molecular formula is C40H38Cl4N8O2. The van der Waals surface area contributed by atoms with E-state index in [-0.39, 0.29) is 22.8 Å². The summed E-state index contributed by atoms with van der Waals surface area (Å²) in [6.07, 6.45) is 2.62. The molecule has 8 rings (SSSR count). The van der Waals surface area contributed by atoms with Gasteiger partial charge in [0, 0.05) is 61.1 Å². The molecule has 0 atom stereocenters. The maximum Gasteiger partial charge on any atom is 0.227 e. The highest BCUT2D eigenvalue weighted by atomic mass is 35.5. The minimum absolute atomic E-state index is 0.163. The Bertz CT molecular complexity index is 1960. The molecule has 2 fully saturated rings. The average Bonchev–Trinajstić information content (AvgIpc) is 3.19. The number of nitrogens with zero attached hydrogens (tertiary/aromatic N) is 8. The van der Waals surface area contributed by atoms with E-state index in [4.69, 9.17) is 46.4 Å². The van der Waals surface area contributed by atoms with Crippen molar-refractivity contribution in [3.63, 3.8) is 0 Å². The van der Waals surface area contributed by atoms with E-state index in [1.54, 1.807) is 12.1 Å². The van der Waals surface area contributed by atoms with Crippen molar-refractivity contribution in [1.29, 1.82) is 0 Å². The molecule has 2 N–H and O–H groups in total. The van der Waals surface area contributed by atoms with Crippen LogP contribution in [0.4, 0.5) is 11.8 Å². The molecule has 0 unspecified atom stereocenters. The second-order valence-electron chi connectivity index (χ2n) is 12.6. The summed E-state index contributed by atoms with van der Waals surface area (Å²) in [4.78, 5) is 29.6. The third kappa shape index (κ3) is 11.3. The molecule has 10 nitrogen and oxygen atoms in total. The second kappa shape index (κ2) is 19.3. The summed E-state index contributed by atoms with van der Waals surface area (Å²) in [5.41, 5.74) is 5.40. The molecule has 6 aromatic rings. The van der Waals surface area contributed by atoms with Crippen molar-refractivity contribution in [2.24, 2.45) is 0 Å². The quantitative estimate of drug-likeness (QED) is 0.129. The predicted molar refractivity (Wildman–Crippen MR) is 217 cm³/mol. The normalized spacial score (nSPS) is 14.8. The Morgan fingerprint density at radius 3 is 1.30 bits per heavy atom. The molecular weight excluding hydrogens is 766 g/mol. The van der Waals surface area contributed by atoms with Gasteiger partial charge in [0.25, 0.3) is 0 Å². The number of aliphatic hydroxyl groups is 2. The van der Waals surface area contributed by atoms with Gasteiger partial charge in [-0.05, 0) is 48.9 Å². The lowest BCUT2D eigenvalue weighted by Crippen LogP contribution is -2.36. The van der Waals surface area contributed by atoms with Crippen LogP contribution in [0.2, 0.25) is 20.9 Å². The van der Waals surface area contributed by atoms with Crippen LogP contribution in [0.25, 0.3) is 33.8 Å². The van der Waals surface area contributed by atoms with Crippen molar-refractivity contribution in [1.82, 2.24) is 29.9 Å². The van der Waals surface area contributed by atoms with Crippen LogP contribution in [0.3, 0.4) is 0 Å². The number of rotatable bonds is 5. The summed E-state index contributed by atoms with van der Waals surface area (Å²) < 4.78 is 0. The number of benzene rings is 3. The number of aromatic nitrogens is 6. The summed E-state index contributed by atoms with van der Waals surface area (Å²) in [5, 5.41) is 20.4. The zero-order valence-corrected chi connectivity index (χ0v) is 32.2. The summed E-state index contributed by atoms with van der Waals surface area (Å²) in [6.45, 7) is 3.11. The molecule has 2 aliphatic heterocycles. The molecule has 0 spiro atoms. The molecule has 0 saturated carbocycles. The molecule has 54 heavy (non-hydrogen) atoms. The van der Waals surface area contributed by atoms with Gasteiger partial charge in [-0.25, -0.2) is 29.9 Å². The molecule has 3 aromatic carbocycles. The van der Waals surface area contributed by atoms with Gasteiger partial charge in [-0.1, -0.05) is 114 Å². The maximum absolute atomic E-state index is 9.58. The van der Waals surface area contributed by atoms with E-state index in [0.29, 0.717) is 16.3 Å². The molecule has 0 aliphatic carbocycles. The highest BCUT2D eigenvalue weighted by molar-refractivity contribution is 6.32. The van der Waals surface area contributed by atoms with E-state index in [1.165, 1.54) is 0 Å². The Morgan fingerprint density at radius 1 is 0.444 bits per heavy atom. The van der Waals surface area contributed by atoms with E-state index in [1.807, 2.05) is 97.1 Å². The number of aliphatic hydroxyl groups excluding tert-OH is 2. The first kappa shape index (κ1) is 39.3. The van der Waals surface area contributed by atoms with Crippen LogP contribution in [-0.2, 0) is 0 Å². The molecule has 278 valence electrons. The van der Waals surface area contributed by atoms with Gasteiger partial charge in [-0.3, -0.25) is 0 Å². The molecule has 0 bridgehead atoms. The second-order valence-corrected chi connectivity index (χ2v) is 14.1. The number of hydrogen-bond acceptors (Lipinski definition) is 10. The van der Waals surface area contributed by atoms with Gasteiger partial charge in [0.05, 0.1) is 29.3 Å². The van der Waals surface area contributed by atoms with E-state index < -0.39 is 0 Å².